The molecule has 0 saturated carbocycles. The van der Waals surface area contributed by atoms with Crippen LogP contribution in [0.3, 0.4) is 0 Å². The number of pyridine rings is 1. The molecule has 1 atom stereocenters. The van der Waals surface area contributed by atoms with Crippen molar-refractivity contribution in [3.63, 3.8) is 0 Å². The quantitative estimate of drug-likeness (QED) is 0.753. The van der Waals surface area contributed by atoms with E-state index in [9.17, 15) is 0 Å². The Morgan fingerprint density at radius 1 is 1.29 bits per heavy atom. The lowest BCUT2D eigenvalue weighted by atomic mass is 10.1. The van der Waals surface area contributed by atoms with Crippen LogP contribution < -0.4 is 5.32 Å². The molecule has 0 bridgehead atoms. The predicted molar refractivity (Wildman–Crippen MR) is 71.0 cm³/mol. The second-order valence-corrected chi connectivity index (χ2v) is 4.50. The van der Waals surface area contributed by atoms with Gasteiger partial charge in [0.15, 0.2) is 0 Å². The Labute approximate surface area is 105 Å². The molecule has 1 unspecified atom stereocenters. The minimum atomic E-state index is 0.305. The average Bonchev–Trinajstić information content (AvgIpc) is 2.34. The van der Waals surface area contributed by atoms with Crippen LogP contribution in [0.1, 0.15) is 45.2 Å². The highest BCUT2D eigenvalue weighted by Crippen LogP contribution is 2.16. The third-order valence-electron chi connectivity index (χ3n) is 2.61. The molecule has 0 spiro atoms. The number of hydrogen-bond donors (Lipinski definition) is 1. The van der Waals surface area contributed by atoms with Crippen molar-refractivity contribution in [2.45, 2.75) is 45.8 Å². The van der Waals surface area contributed by atoms with E-state index in [-0.39, 0.29) is 0 Å². The minimum Gasteiger partial charge on any atom is -0.379 e. The van der Waals surface area contributed by atoms with E-state index >= 15 is 0 Å². The van der Waals surface area contributed by atoms with Gasteiger partial charge >= 0.3 is 0 Å². The molecule has 0 amide bonds. The van der Waals surface area contributed by atoms with Gasteiger partial charge in [-0.3, -0.25) is 4.98 Å². The normalized spacial score (nSPS) is 12.9. The Balaban J connectivity index is 2.48. The fourth-order valence-electron chi connectivity index (χ4n) is 1.72. The molecule has 0 radical (unpaired) electrons. The van der Waals surface area contributed by atoms with Crippen LogP contribution in [0.15, 0.2) is 24.5 Å². The van der Waals surface area contributed by atoms with Gasteiger partial charge in [-0.05, 0) is 50.9 Å². The summed E-state index contributed by atoms with van der Waals surface area (Å²) in [7, 11) is 0. The van der Waals surface area contributed by atoms with Crippen molar-refractivity contribution in [3.8, 4) is 0 Å². The van der Waals surface area contributed by atoms with Gasteiger partial charge in [0.25, 0.3) is 0 Å². The first-order valence-electron chi connectivity index (χ1n) is 6.49. The average molecular weight is 236 g/mol. The standard InChI is InChI=1S/C14H24N2O/c1-4-8-16-14(7-11-17-12(2)3)13-5-9-15-10-6-13/h5-6,9-10,12,14,16H,4,7-8,11H2,1-3H3. The van der Waals surface area contributed by atoms with E-state index in [0.29, 0.717) is 12.1 Å². The summed E-state index contributed by atoms with van der Waals surface area (Å²) in [6, 6.07) is 4.52. The van der Waals surface area contributed by atoms with Gasteiger partial charge in [-0.1, -0.05) is 6.92 Å². The first kappa shape index (κ1) is 14.1. The molecule has 1 N–H and O–H groups in total. The summed E-state index contributed by atoms with van der Waals surface area (Å²) in [5.41, 5.74) is 1.29. The van der Waals surface area contributed by atoms with Crippen LogP contribution in [0, 0.1) is 0 Å². The van der Waals surface area contributed by atoms with Crippen molar-refractivity contribution in [3.05, 3.63) is 30.1 Å². The van der Waals surface area contributed by atoms with E-state index in [1.807, 2.05) is 12.4 Å². The zero-order valence-corrected chi connectivity index (χ0v) is 11.1. The van der Waals surface area contributed by atoms with Gasteiger partial charge in [-0.25, -0.2) is 0 Å². The molecule has 1 heterocycles. The van der Waals surface area contributed by atoms with Crippen molar-refractivity contribution in [1.29, 1.82) is 0 Å². The summed E-state index contributed by atoms with van der Waals surface area (Å²) in [5, 5.41) is 3.55. The van der Waals surface area contributed by atoms with E-state index in [1.165, 1.54) is 5.56 Å². The van der Waals surface area contributed by atoms with Gasteiger partial charge < -0.3 is 10.1 Å². The lowest BCUT2D eigenvalue weighted by Crippen LogP contribution is -2.24. The van der Waals surface area contributed by atoms with Crippen LogP contribution in [0.4, 0.5) is 0 Å². The Morgan fingerprint density at radius 3 is 2.59 bits per heavy atom. The molecule has 3 heteroatoms. The maximum absolute atomic E-state index is 5.62. The van der Waals surface area contributed by atoms with Crippen molar-refractivity contribution in [1.82, 2.24) is 10.3 Å². The molecule has 0 aliphatic heterocycles. The number of rotatable bonds is 8. The lowest BCUT2D eigenvalue weighted by Gasteiger charge is -2.19. The summed E-state index contributed by atoms with van der Waals surface area (Å²) in [4.78, 5) is 4.06. The highest BCUT2D eigenvalue weighted by Gasteiger charge is 2.10. The van der Waals surface area contributed by atoms with Crippen LogP contribution in [0.2, 0.25) is 0 Å². The van der Waals surface area contributed by atoms with Gasteiger partial charge in [-0.2, -0.15) is 0 Å². The SMILES string of the molecule is CCCNC(CCOC(C)C)c1ccncc1. The Hall–Kier alpha value is -0.930. The van der Waals surface area contributed by atoms with Gasteiger partial charge in [0.05, 0.1) is 6.10 Å². The number of ether oxygens (including phenoxy) is 1. The fourth-order valence-corrected chi connectivity index (χ4v) is 1.72. The van der Waals surface area contributed by atoms with Crippen LogP contribution in [0.5, 0.6) is 0 Å². The molecule has 0 fully saturated rings. The first-order chi connectivity index (χ1) is 8.24. The summed E-state index contributed by atoms with van der Waals surface area (Å²) >= 11 is 0. The van der Waals surface area contributed by atoms with Crippen molar-refractivity contribution >= 4 is 0 Å². The minimum absolute atomic E-state index is 0.305. The van der Waals surface area contributed by atoms with Crippen LogP contribution in [-0.4, -0.2) is 24.2 Å². The van der Waals surface area contributed by atoms with E-state index < -0.39 is 0 Å². The molecule has 3 nitrogen and oxygen atoms in total. The second kappa shape index (κ2) is 8.20. The Kier molecular flexibility index (Phi) is 6.82. The molecule has 0 aliphatic carbocycles. The Bertz CT molecular complexity index is 288. The molecule has 17 heavy (non-hydrogen) atoms. The van der Waals surface area contributed by atoms with Gasteiger partial charge in [-0.15, -0.1) is 0 Å². The molecule has 1 aromatic heterocycles. The van der Waals surface area contributed by atoms with E-state index in [0.717, 1.165) is 26.0 Å². The Morgan fingerprint density at radius 2 is 2.00 bits per heavy atom. The number of hydrogen-bond acceptors (Lipinski definition) is 3. The largest absolute Gasteiger partial charge is 0.379 e. The molecule has 0 aliphatic rings. The third kappa shape index (κ3) is 5.80. The zero-order valence-electron chi connectivity index (χ0n) is 11.1. The van der Waals surface area contributed by atoms with Crippen LogP contribution in [0.25, 0.3) is 0 Å². The van der Waals surface area contributed by atoms with Crippen molar-refractivity contribution < 1.29 is 4.74 Å². The van der Waals surface area contributed by atoms with E-state index in [2.05, 4.69) is 43.2 Å². The first-order valence-corrected chi connectivity index (χ1v) is 6.49. The number of nitrogens with one attached hydrogen (secondary N) is 1. The predicted octanol–water partition coefficient (Wildman–Crippen LogP) is 2.94. The van der Waals surface area contributed by atoms with E-state index in [4.69, 9.17) is 4.74 Å². The molecule has 1 rings (SSSR count). The van der Waals surface area contributed by atoms with Gasteiger partial charge in [0.1, 0.15) is 0 Å². The van der Waals surface area contributed by atoms with Crippen molar-refractivity contribution in [2.75, 3.05) is 13.2 Å². The summed E-state index contributed by atoms with van der Waals surface area (Å²) in [5.74, 6) is 0. The van der Waals surface area contributed by atoms with Gasteiger partial charge in [0.2, 0.25) is 0 Å². The highest BCUT2D eigenvalue weighted by atomic mass is 16.5. The van der Waals surface area contributed by atoms with E-state index in [1.54, 1.807) is 0 Å². The number of nitrogens with zero attached hydrogens (tertiary/aromatic N) is 1. The summed E-state index contributed by atoms with van der Waals surface area (Å²) < 4.78 is 5.62. The van der Waals surface area contributed by atoms with Crippen molar-refractivity contribution in [2.24, 2.45) is 0 Å². The molecule has 1 aromatic rings. The second-order valence-electron chi connectivity index (χ2n) is 4.50. The molecular weight excluding hydrogens is 212 g/mol. The topological polar surface area (TPSA) is 34.1 Å². The zero-order chi connectivity index (χ0) is 12.5. The molecule has 0 saturated heterocycles. The monoisotopic (exact) mass is 236 g/mol. The van der Waals surface area contributed by atoms with Crippen LogP contribution >= 0.6 is 0 Å². The smallest absolute Gasteiger partial charge is 0.0518 e. The molecule has 0 aromatic carbocycles. The lowest BCUT2D eigenvalue weighted by molar-refractivity contribution is 0.0714. The number of aromatic nitrogens is 1. The molecule has 96 valence electrons. The highest BCUT2D eigenvalue weighted by molar-refractivity contribution is 5.14. The molecular formula is C14H24N2O. The maximum atomic E-state index is 5.62. The van der Waals surface area contributed by atoms with Crippen LogP contribution in [-0.2, 0) is 4.74 Å². The van der Waals surface area contributed by atoms with Gasteiger partial charge in [0, 0.05) is 25.0 Å². The fraction of sp³-hybridized carbons (Fsp3) is 0.643. The maximum Gasteiger partial charge on any atom is 0.0518 e. The summed E-state index contributed by atoms with van der Waals surface area (Å²) in [6.07, 6.45) is 6.15. The third-order valence-corrected chi connectivity index (χ3v) is 2.61. The summed E-state index contributed by atoms with van der Waals surface area (Å²) in [6.45, 7) is 8.15.